The van der Waals surface area contributed by atoms with Crippen LogP contribution < -0.4 is 10.9 Å². The predicted molar refractivity (Wildman–Crippen MR) is 104 cm³/mol. The highest BCUT2D eigenvalue weighted by Gasteiger charge is 2.26. The van der Waals surface area contributed by atoms with Gasteiger partial charge in [-0.1, -0.05) is 36.4 Å². The summed E-state index contributed by atoms with van der Waals surface area (Å²) in [5, 5.41) is 0.730. The number of carbonyl (C=O) groups is 3. The van der Waals surface area contributed by atoms with Gasteiger partial charge in [-0.15, -0.1) is 0 Å². The molecule has 150 valence electrons. The molecule has 3 aromatic rings. The number of hydrogen-bond acceptors (Lipinski definition) is 6. The maximum Gasteiger partial charge on any atom is 0.375 e. The third-order valence-corrected chi connectivity index (χ3v) is 4.16. The smallest absolute Gasteiger partial charge is 0.375 e. The zero-order valence-corrected chi connectivity index (χ0v) is 15.9. The van der Waals surface area contributed by atoms with Gasteiger partial charge in [-0.2, -0.15) is 0 Å². The van der Waals surface area contributed by atoms with E-state index in [0.29, 0.717) is 16.7 Å². The van der Waals surface area contributed by atoms with Crippen molar-refractivity contribution in [1.82, 2.24) is 10.9 Å². The van der Waals surface area contributed by atoms with Crippen LogP contribution in [0, 0.1) is 0 Å². The van der Waals surface area contributed by atoms with Crippen molar-refractivity contribution in [2.24, 2.45) is 0 Å². The second-order valence-corrected chi connectivity index (χ2v) is 6.20. The summed E-state index contributed by atoms with van der Waals surface area (Å²) in [4.78, 5) is 36.7. The van der Waals surface area contributed by atoms with Crippen molar-refractivity contribution in [1.29, 1.82) is 0 Å². The van der Waals surface area contributed by atoms with Crippen molar-refractivity contribution in [3.8, 4) is 0 Å². The lowest BCUT2D eigenvalue weighted by molar-refractivity contribution is -0.129. The molecule has 0 aliphatic heterocycles. The molecule has 0 spiro atoms. The van der Waals surface area contributed by atoms with Gasteiger partial charge >= 0.3 is 5.97 Å². The highest BCUT2D eigenvalue weighted by molar-refractivity contribution is 5.98. The van der Waals surface area contributed by atoms with Crippen molar-refractivity contribution >= 4 is 28.8 Å². The van der Waals surface area contributed by atoms with Gasteiger partial charge in [0.05, 0.1) is 6.61 Å². The molecule has 8 nitrogen and oxygen atoms in total. The van der Waals surface area contributed by atoms with E-state index in [1.54, 1.807) is 48.5 Å². The van der Waals surface area contributed by atoms with Crippen molar-refractivity contribution in [2.45, 2.75) is 19.6 Å². The first kappa shape index (κ1) is 20.1. The SMILES string of the molecule is COCc1c(C(=O)O[C@H](C)C(=O)NNC(=O)c2ccccc2)oc2ccccc12. The average molecular weight is 396 g/mol. The van der Waals surface area contributed by atoms with Crippen LogP contribution in [0.2, 0.25) is 0 Å². The first-order valence-corrected chi connectivity index (χ1v) is 8.86. The molecule has 3 rings (SSSR count). The Hall–Kier alpha value is -3.65. The molecule has 2 aromatic carbocycles. The van der Waals surface area contributed by atoms with E-state index in [4.69, 9.17) is 13.9 Å². The van der Waals surface area contributed by atoms with E-state index < -0.39 is 23.9 Å². The molecule has 2 amide bonds. The second kappa shape index (κ2) is 9.03. The van der Waals surface area contributed by atoms with Crippen LogP contribution in [0.5, 0.6) is 0 Å². The lowest BCUT2D eigenvalue weighted by Crippen LogP contribution is -2.46. The highest BCUT2D eigenvalue weighted by atomic mass is 16.6. The molecule has 2 N–H and O–H groups in total. The Morgan fingerprint density at radius 1 is 1.00 bits per heavy atom. The molecule has 0 fully saturated rings. The number of fused-ring (bicyclic) bond motifs is 1. The van der Waals surface area contributed by atoms with Crippen LogP contribution >= 0.6 is 0 Å². The summed E-state index contributed by atoms with van der Waals surface area (Å²) in [7, 11) is 1.50. The number of methoxy groups -OCH3 is 1. The number of benzene rings is 2. The summed E-state index contributed by atoms with van der Waals surface area (Å²) in [6.45, 7) is 1.54. The van der Waals surface area contributed by atoms with E-state index in [1.807, 2.05) is 6.07 Å². The van der Waals surface area contributed by atoms with Gasteiger partial charge in [0, 0.05) is 23.6 Å². The summed E-state index contributed by atoms with van der Waals surface area (Å²) >= 11 is 0. The van der Waals surface area contributed by atoms with E-state index >= 15 is 0 Å². The topological polar surface area (TPSA) is 107 Å². The van der Waals surface area contributed by atoms with Crippen molar-refractivity contribution < 1.29 is 28.3 Å². The Morgan fingerprint density at radius 2 is 1.69 bits per heavy atom. The molecule has 0 unspecified atom stereocenters. The monoisotopic (exact) mass is 396 g/mol. The average Bonchev–Trinajstić information content (AvgIpc) is 3.11. The summed E-state index contributed by atoms with van der Waals surface area (Å²) in [5.41, 5.74) is 5.94. The van der Waals surface area contributed by atoms with E-state index in [0.717, 1.165) is 5.39 Å². The predicted octanol–water partition coefficient (Wildman–Crippen LogP) is 2.59. The molecule has 0 aliphatic rings. The Morgan fingerprint density at radius 3 is 2.41 bits per heavy atom. The third kappa shape index (κ3) is 4.61. The van der Waals surface area contributed by atoms with E-state index in [2.05, 4.69) is 10.9 Å². The Bertz CT molecular complexity index is 1030. The lowest BCUT2D eigenvalue weighted by Gasteiger charge is -2.13. The van der Waals surface area contributed by atoms with Crippen molar-refractivity contribution in [3.63, 3.8) is 0 Å². The van der Waals surface area contributed by atoms with Gasteiger partial charge in [-0.05, 0) is 25.1 Å². The third-order valence-electron chi connectivity index (χ3n) is 4.16. The molecule has 0 aliphatic carbocycles. The molecule has 1 heterocycles. The summed E-state index contributed by atoms with van der Waals surface area (Å²) in [6, 6.07) is 15.5. The number of furan rings is 1. The minimum Gasteiger partial charge on any atom is -0.449 e. The number of esters is 1. The number of hydrazine groups is 1. The molecule has 1 atom stereocenters. The zero-order valence-electron chi connectivity index (χ0n) is 15.9. The molecule has 29 heavy (non-hydrogen) atoms. The van der Waals surface area contributed by atoms with Gasteiger partial charge in [0.15, 0.2) is 6.10 Å². The number of amides is 2. The largest absolute Gasteiger partial charge is 0.449 e. The van der Waals surface area contributed by atoms with Crippen LogP contribution in [0.1, 0.15) is 33.4 Å². The lowest BCUT2D eigenvalue weighted by atomic mass is 10.1. The number of nitrogens with one attached hydrogen (secondary N) is 2. The van der Waals surface area contributed by atoms with Gasteiger partial charge in [0.1, 0.15) is 5.58 Å². The number of carbonyl (C=O) groups excluding carboxylic acids is 3. The van der Waals surface area contributed by atoms with E-state index in [9.17, 15) is 14.4 Å². The second-order valence-electron chi connectivity index (χ2n) is 6.20. The fourth-order valence-electron chi connectivity index (χ4n) is 2.70. The maximum absolute atomic E-state index is 12.5. The molecule has 8 heteroatoms. The van der Waals surface area contributed by atoms with Crippen LogP contribution in [-0.4, -0.2) is 31.0 Å². The molecular formula is C21H20N2O6. The molecular weight excluding hydrogens is 376 g/mol. The van der Waals surface area contributed by atoms with E-state index in [1.165, 1.54) is 14.0 Å². The minimum atomic E-state index is -1.16. The fraction of sp³-hybridized carbons (Fsp3) is 0.190. The minimum absolute atomic E-state index is 0.0268. The standard InChI is InChI=1S/C21H20N2O6/c1-13(19(24)22-23-20(25)14-8-4-3-5-9-14)28-21(26)18-16(12-27-2)15-10-6-7-11-17(15)29-18/h3-11,13H,12H2,1-2H3,(H,22,24)(H,23,25)/t13-/m1/s1. The molecule has 0 saturated heterocycles. The number of hydrogen-bond donors (Lipinski definition) is 2. The number of rotatable bonds is 6. The Balaban J connectivity index is 1.64. The quantitative estimate of drug-likeness (QED) is 0.490. The normalized spacial score (nSPS) is 11.7. The van der Waals surface area contributed by atoms with Crippen molar-refractivity contribution in [3.05, 3.63) is 71.5 Å². The van der Waals surface area contributed by atoms with E-state index in [-0.39, 0.29) is 12.4 Å². The molecule has 1 aromatic heterocycles. The highest BCUT2D eigenvalue weighted by Crippen LogP contribution is 2.27. The number of ether oxygens (including phenoxy) is 2. The Labute approximate surface area is 166 Å². The van der Waals surface area contributed by atoms with Crippen LogP contribution in [-0.2, 0) is 20.9 Å². The summed E-state index contributed by atoms with van der Waals surface area (Å²) < 4.78 is 15.9. The van der Waals surface area contributed by atoms with Crippen molar-refractivity contribution in [2.75, 3.05) is 7.11 Å². The van der Waals surface area contributed by atoms with Gasteiger partial charge in [0.25, 0.3) is 11.8 Å². The number of para-hydroxylation sites is 1. The van der Waals surface area contributed by atoms with Gasteiger partial charge in [-0.25, -0.2) is 4.79 Å². The molecule has 0 saturated carbocycles. The zero-order chi connectivity index (χ0) is 20.8. The van der Waals surface area contributed by atoms with Crippen LogP contribution in [0.25, 0.3) is 11.0 Å². The first-order chi connectivity index (χ1) is 14.0. The maximum atomic E-state index is 12.5. The summed E-state index contributed by atoms with van der Waals surface area (Å²) in [5.74, 6) is -2.00. The van der Waals surface area contributed by atoms with Gasteiger partial charge in [0.2, 0.25) is 5.76 Å². The van der Waals surface area contributed by atoms with Gasteiger partial charge < -0.3 is 13.9 Å². The fourth-order valence-corrected chi connectivity index (χ4v) is 2.70. The molecule has 0 radical (unpaired) electrons. The van der Waals surface area contributed by atoms with Gasteiger partial charge in [-0.3, -0.25) is 20.4 Å². The van der Waals surface area contributed by atoms with Crippen LogP contribution in [0.3, 0.4) is 0 Å². The Kier molecular flexibility index (Phi) is 6.25. The van der Waals surface area contributed by atoms with Crippen LogP contribution in [0.15, 0.2) is 59.0 Å². The first-order valence-electron chi connectivity index (χ1n) is 8.86. The van der Waals surface area contributed by atoms with Crippen LogP contribution in [0.4, 0.5) is 0 Å². The molecule has 0 bridgehead atoms. The summed E-state index contributed by atoms with van der Waals surface area (Å²) in [6.07, 6.45) is -1.16.